The van der Waals surface area contributed by atoms with Gasteiger partial charge in [0.25, 0.3) is 11.6 Å². The molecule has 1 rings (SSSR count). The van der Waals surface area contributed by atoms with Crippen molar-refractivity contribution in [2.24, 2.45) is 0 Å². The zero-order chi connectivity index (χ0) is 20.1. The van der Waals surface area contributed by atoms with Crippen molar-refractivity contribution in [2.45, 2.75) is 39.5 Å². The normalized spacial score (nSPS) is 10.4. The SMILES string of the molecule is CCCCOCCCN(CCC(=O)OCC)C(=O)c1cccc([N+](=O)[O-])c1. The molecule has 8 nitrogen and oxygen atoms in total. The van der Waals surface area contributed by atoms with Crippen LogP contribution in [0.3, 0.4) is 0 Å². The molecule has 0 fully saturated rings. The minimum absolute atomic E-state index is 0.0746. The second-order valence-corrected chi connectivity index (χ2v) is 5.97. The van der Waals surface area contributed by atoms with Crippen LogP contribution < -0.4 is 0 Å². The number of amides is 1. The maximum absolute atomic E-state index is 12.8. The fraction of sp³-hybridized carbons (Fsp3) is 0.579. The number of nitro benzene ring substituents is 1. The van der Waals surface area contributed by atoms with E-state index in [0.717, 1.165) is 12.8 Å². The average Bonchev–Trinajstić information content (AvgIpc) is 2.66. The van der Waals surface area contributed by atoms with Gasteiger partial charge in [0.2, 0.25) is 0 Å². The maximum Gasteiger partial charge on any atom is 0.307 e. The van der Waals surface area contributed by atoms with E-state index in [1.807, 2.05) is 0 Å². The highest BCUT2D eigenvalue weighted by molar-refractivity contribution is 5.95. The number of carbonyl (C=O) groups is 2. The van der Waals surface area contributed by atoms with Gasteiger partial charge < -0.3 is 14.4 Å². The molecule has 0 aromatic heterocycles. The van der Waals surface area contributed by atoms with E-state index in [2.05, 4.69) is 6.92 Å². The summed E-state index contributed by atoms with van der Waals surface area (Å²) in [5, 5.41) is 10.9. The molecule has 1 aromatic rings. The van der Waals surface area contributed by atoms with E-state index in [-0.39, 0.29) is 42.7 Å². The minimum Gasteiger partial charge on any atom is -0.466 e. The van der Waals surface area contributed by atoms with Gasteiger partial charge in [-0.3, -0.25) is 19.7 Å². The van der Waals surface area contributed by atoms with Crippen molar-refractivity contribution in [2.75, 3.05) is 32.9 Å². The molecule has 150 valence electrons. The summed E-state index contributed by atoms with van der Waals surface area (Å²) in [5.74, 6) is -0.731. The zero-order valence-electron chi connectivity index (χ0n) is 16.0. The van der Waals surface area contributed by atoms with E-state index in [1.54, 1.807) is 6.92 Å². The Morgan fingerprint density at radius 3 is 2.56 bits per heavy atom. The number of unbranched alkanes of at least 4 members (excludes halogenated alkanes) is 1. The number of rotatable bonds is 13. The van der Waals surface area contributed by atoms with Gasteiger partial charge in [0.1, 0.15) is 0 Å². The van der Waals surface area contributed by atoms with Crippen molar-refractivity contribution in [3.8, 4) is 0 Å². The van der Waals surface area contributed by atoms with E-state index in [0.29, 0.717) is 26.2 Å². The number of non-ortho nitro benzene ring substituents is 1. The van der Waals surface area contributed by atoms with E-state index < -0.39 is 4.92 Å². The van der Waals surface area contributed by atoms with Crippen LogP contribution in [-0.2, 0) is 14.3 Å². The lowest BCUT2D eigenvalue weighted by atomic mass is 10.1. The van der Waals surface area contributed by atoms with Crippen LogP contribution in [0.4, 0.5) is 5.69 Å². The van der Waals surface area contributed by atoms with Crippen molar-refractivity contribution >= 4 is 17.6 Å². The summed E-state index contributed by atoms with van der Waals surface area (Å²) in [6, 6.07) is 5.59. The number of nitro groups is 1. The lowest BCUT2D eigenvalue weighted by Gasteiger charge is -2.22. The lowest BCUT2D eigenvalue weighted by molar-refractivity contribution is -0.384. The first kappa shape index (κ1) is 22.6. The molecule has 0 aliphatic heterocycles. The first-order chi connectivity index (χ1) is 13.0. The van der Waals surface area contributed by atoms with Crippen LogP contribution in [0.15, 0.2) is 24.3 Å². The molecule has 0 aliphatic carbocycles. The third kappa shape index (κ3) is 8.63. The highest BCUT2D eigenvalue weighted by Gasteiger charge is 2.19. The van der Waals surface area contributed by atoms with Crippen LogP contribution in [0.25, 0.3) is 0 Å². The van der Waals surface area contributed by atoms with Crippen LogP contribution >= 0.6 is 0 Å². The number of benzene rings is 1. The molecule has 0 atom stereocenters. The summed E-state index contributed by atoms with van der Waals surface area (Å²) in [5.41, 5.74) is 0.0778. The maximum atomic E-state index is 12.8. The molecule has 0 heterocycles. The Labute approximate surface area is 159 Å². The predicted octanol–water partition coefficient (Wildman–Crippen LogP) is 3.20. The Hall–Kier alpha value is -2.48. The molecule has 8 heteroatoms. The summed E-state index contributed by atoms with van der Waals surface area (Å²) >= 11 is 0. The highest BCUT2D eigenvalue weighted by atomic mass is 16.6. The molecule has 0 aliphatic rings. The summed E-state index contributed by atoms with van der Waals surface area (Å²) in [6.45, 7) is 5.86. The quantitative estimate of drug-likeness (QED) is 0.225. The summed E-state index contributed by atoms with van der Waals surface area (Å²) in [6.07, 6.45) is 2.73. The fourth-order valence-corrected chi connectivity index (χ4v) is 2.42. The van der Waals surface area contributed by atoms with Crippen molar-refractivity contribution in [3.63, 3.8) is 0 Å². The second-order valence-electron chi connectivity index (χ2n) is 5.97. The topological polar surface area (TPSA) is 99.0 Å². The number of nitrogens with zero attached hydrogens (tertiary/aromatic N) is 2. The second kappa shape index (κ2) is 12.8. The fourth-order valence-electron chi connectivity index (χ4n) is 2.42. The van der Waals surface area contributed by atoms with Crippen molar-refractivity contribution in [1.29, 1.82) is 0 Å². The van der Waals surface area contributed by atoms with E-state index in [4.69, 9.17) is 9.47 Å². The molecule has 0 N–H and O–H groups in total. The molecule has 0 radical (unpaired) electrons. The molecule has 0 saturated heterocycles. The Morgan fingerprint density at radius 2 is 1.89 bits per heavy atom. The van der Waals surface area contributed by atoms with Gasteiger partial charge in [0, 0.05) is 44.0 Å². The van der Waals surface area contributed by atoms with Crippen LogP contribution in [0.1, 0.15) is 49.9 Å². The number of ether oxygens (including phenoxy) is 2. The predicted molar refractivity (Wildman–Crippen MR) is 101 cm³/mol. The minimum atomic E-state index is -0.540. The van der Waals surface area contributed by atoms with Gasteiger partial charge in [-0.1, -0.05) is 19.4 Å². The third-order valence-corrected chi connectivity index (χ3v) is 3.84. The van der Waals surface area contributed by atoms with Gasteiger partial charge in [-0.2, -0.15) is 0 Å². The van der Waals surface area contributed by atoms with Crippen molar-refractivity contribution < 1.29 is 24.0 Å². The van der Waals surface area contributed by atoms with Gasteiger partial charge in [-0.05, 0) is 25.8 Å². The Kier molecular flexibility index (Phi) is 10.7. The van der Waals surface area contributed by atoms with Gasteiger partial charge >= 0.3 is 5.97 Å². The number of carbonyl (C=O) groups excluding carboxylic acids is 2. The molecular weight excluding hydrogens is 352 g/mol. The first-order valence-electron chi connectivity index (χ1n) is 9.26. The number of esters is 1. The number of hydrogen-bond donors (Lipinski definition) is 0. The lowest BCUT2D eigenvalue weighted by Crippen LogP contribution is -2.34. The molecule has 0 spiro atoms. The molecule has 27 heavy (non-hydrogen) atoms. The zero-order valence-corrected chi connectivity index (χ0v) is 16.0. The number of hydrogen-bond acceptors (Lipinski definition) is 6. The van der Waals surface area contributed by atoms with E-state index >= 15 is 0 Å². The molecule has 0 bridgehead atoms. The van der Waals surface area contributed by atoms with Crippen LogP contribution in [0, 0.1) is 10.1 Å². The largest absolute Gasteiger partial charge is 0.466 e. The Balaban J connectivity index is 2.72. The molecule has 0 unspecified atom stereocenters. The Bertz CT molecular complexity index is 620. The van der Waals surface area contributed by atoms with E-state index in [1.165, 1.54) is 29.2 Å². The average molecular weight is 380 g/mol. The van der Waals surface area contributed by atoms with Crippen LogP contribution in [-0.4, -0.2) is 54.6 Å². The van der Waals surface area contributed by atoms with Gasteiger partial charge in [0.15, 0.2) is 0 Å². The third-order valence-electron chi connectivity index (χ3n) is 3.84. The summed E-state index contributed by atoms with van der Waals surface area (Å²) in [7, 11) is 0. The monoisotopic (exact) mass is 380 g/mol. The van der Waals surface area contributed by atoms with Gasteiger partial charge in [0.05, 0.1) is 18.0 Å². The van der Waals surface area contributed by atoms with Gasteiger partial charge in [-0.25, -0.2) is 0 Å². The summed E-state index contributed by atoms with van der Waals surface area (Å²) < 4.78 is 10.4. The van der Waals surface area contributed by atoms with Crippen LogP contribution in [0.2, 0.25) is 0 Å². The van der Waals surface area contributed by atoms with Crippen LogP contribution in [0.5, 0.6) is 0 Å². The standard InChI is InChI=1S/C19H28N2O6/c1-3-5-13-26-14-7-11-20(12-10-18(22)27-4-2)19(23)16-8-6-9-17(15-16)21(24)25/h6,8-9,15H,3-5,7,10-14H2,1-2H3. The Morgan fingerprint density at radius 1 is 1.15 bits per heavy atom. The molecule has 1 aromatic carbocycles. The first-order valence-corrected chi connectivity index (χ1v) is 9.26. The van der Waals surface area contributed by atoms with Crippen molar-refractivity contribution in [3.05, 3.63) is 39.9 Å². The van der Waals surface area contributed by atoms with Crippen molar-refractivity contribution in [1.82, 2.24) is 4.90 Å². The highest BCUT2D eigenvalue weighted by Crippen LogP contribution is 2.15. The molecular formula is C19H28N2O6. The van der Waals surface area contributed by atoms with E-state index in [9.17, 15) is 19.7 Å². The smallest absolute Gasteiger partial charge is 0.307 e. The van der Waals surface area contributed by atoms with Gasteiger partial charge in [-0.15, -0.1) is 0 Å². The summed E-state index contributed by atoms with van der Waals surface area (Å²) in [4.78, 5) is 36.3. The molecule has 0 saturated carbocycles. The molecule has 1 amide bonds.